The third kappa shape index (κ3) is 3.32. The molecule has 0 N–H and O–H groups in total. The summed E-state index contributed by atoms with van der Waals surface area (Å²) in [6.07, 6.45) is 1.87. The van der Waals surface area contributed by atoms with Crippen LogP contribution in [0.4, 0.5) is 0 Å². The molecule has 0 spiro atoms. The Bertz CT molecular complexity index is 1620. The molecule has 0 aliphatic carbocycles. The standard InChI is InChI=1S/C24H16N4OS2/c1-27-20-10-6-5-9-19(20)26-22(27)18(14-25)24-28(17-7-3-2-4-8-17)23(29)21(31-24)13-16-11-12-30-15-16/h2-13,15H,1H3. The Kier molecular flexibility index (Phi) is 4.86. The quantitative estimate of drug-likeness (QED) is 0.432. The van der Waals surface area contributed by atoms with Crippen LogP contribution in [0.2, 0.25) is 0 Å². The highest BCUT2D eigenvalue weighted by Crippen LogP contribution is 2.19. The highest BCUT2D eigenvalue weighted by molar-refractivity contribution is 7.08. The smallest absolute Gasteiger partial charge is 0.273 e. The summed E-state index contributed by atoms with van der Waals surface area (Å²) in [7, 11) is 1.89. The zero-order valence-electron chi connectivity index (χ0n) is 16.5. The summed E-state index contributed by atoms with van der Waals surface area (Å²) in [5.41, 5.74) is 3.65. The van der Waals surface area contributed by atoms with Crippen LogP contribution >= 0.6 is 22.7 Å². The average Bonchev–Trinajstić information content (AvgIpc) is 3.50. The van der Waals surface area contributed by atoms with Crippen molar-refractivity contribution in [3.63, 3.8) is 0 Å². The number of thiazole rings is 1. The van der Waals surface area contributed by atoms with E-state index in [4.69, 9.17) is 4.98 Å². The first-order chi connectivity index (χ1) is 15.2. The number of rotatable bonds is 3. The molecule has 3 aromatic heterocycles. The van der Waals surface area contributed by atoms with Gasteiger partial charge >= 0.3 is 0 Å². The largest absolute Gasteiger partial charge is 0.326 e. The summed E-state index contributed by atoms with van der Waals surface area (Å²) < 4.78 is 4.65. The predicted molar refractivity (Wildman–Crippen MR) is 126 cm³/mol. The fraction of sp³-hybridized carbons (Fsp3) is 0.0417. The Balaban J connectivity index is 1.91. The van der Waals surface area contributed by atoms with Crippen molar-refractivity contribution in [2.24, 2.45) is 7.05 Å². The summed E-state index contributed by atoms with van der Waals surface area (Å²) in [6.45, 7) is 0. The van der Waals surface area contributed by atoms with E-state index in [-0.39, 0.29) is 5.56 Å². The Morgan fingerprint density at radius 3 is 2.58 bits per heavy atom. The second-order valence-corrected chi connectivity index (χ2v) is 8.73. The van der Waals surface area contributed by atoms with Crippen LogP contribution < -0.4 is 14.8 Å². The van der Waals surface area contributed by atoms with E-state index in [1.54, 1.807) is 15.9 Å². The van der Waals surface area contributed by atoms with Gasteiger partial charge in [0.15, 0.2) is 5.82 Å². The fourth-order valence-corrected chi connectivity index (χ4v) is 5.25. The van der Waals surface area contributed by atoms with Crippen LogP contribution in [0.3, 0.4) is 0 Å². The van der Waals surface area contributed by atoms with Gasteiger partial charge < -0.3 is 4.57 Å². The number of para-hydroxylation sites is 3. The normalized spacial score (nSPS) is 12.8. The van der Waals surface area contributed by atoms with Crippen LogP contribution in [0, 0.1) is 11.3 Å². The van der Waals surface area contributed by atoms with E-state index in [1.165, 1.54) is 11.3 Å². The lowest BCUT2D eigenvalue weighted by atomic mass is 10.3. The Morgan fingerprint density at radius 2 is 1.87 bits per heavy atom. The van der Waals surface area contributed by atoms with Gasteiger partial charge in [0.05, 0.1) is 21.3 Å². The molecule has 150 valence electrons. The van der Waals surface area contributed by atoms with E-state index in [1.807, 2.05) is 89.1 Å². The highest BCUT2D eigenvalue weighted by atomic mass is 32.1. The molecule has 0 atom stereocenters. The van der Waals surface area contributed by atoms with E-state index in [0.29, 0.717) is 20.6 Å². The van der Waals surface area contributed by atoms with Crippen molar-refractivity contribution in [3.8, 4) is 11.8 Å². The first kappa shape index (κ1) is 19.2. The topological polar surface area (TPSA) is 63.6 Å². The maximum atomic E-state index is 13.4. The number of hydrogen-bond acceptors (Lipinski definition) is 5. The maximum Gasteiger partial charge on any atom is 0.273 e. The van der Waals surface area contributed by atoms with Gasteiger partial charge in [-0.25, -0.2) is 4.98 Å². The van der Waals surface area contributed by atoms with E-state index in [9.17, 15) is 10.1 Å². The van der Waals surface area contributed by atoms with Crippen LogP contribution in [0.25, 0.3) is 28.4 Å². The lowest BCUT2D eigenvalue weighted by Crippen LogP contribution is -2.31. The zero-order valence-corrected chi connectivity index (χ0v) is 18.2. The maximum absolute atomic E-state index is 13.4. The van der Waals surface area contributed by atoms with Crippen molar-refractivity contribution in [1.29, 1.82) is 5.26 Å². The van der Waals surface area contributed by atoms with Gasteiger partial charge in [-0.1, -0.05) is 30.3 Å². The lowest BCUT2D eigenvalue weighted by Gasteiger charge is -2.04. The van der Waals surface area contributed by atoms with Gasteiger partial charge in [-0.15, -0.1) is 11.3 Å². The number of imidazole rings is 1. The van der Waals surface area contributed by atoms with Crippen molar-refractivity contribution < 1.29 is 0 Å². The number of thiophene rings is 1. The van der Waals surface area contributed by atoms with Gasteiger partial charge in [-0.05, 0) is 52.7 Å². The highest BCUT2D eigenvalue weighted by Gasteiger charge is 2.17. The molecule has 0 amide bonds. The summed E-state index contributed by atoms with van der Waals surface area (Å²) in [5.74, 6) is 0.539. The van der Waals surface area contributed by atoms with Gasteiger partial charge in [0.2, 0.25) is 0 Å². The van der Waals surface area contributed by atoms with Crippen molar-refractivity contribution in [2.45, 2.75) is 0 Å². The third-order valence-corrected chi connectivity index (χ3v) is 6.81. The Labute approximate surface area is 185 Å². The Hall–Kier alpha value is -3.73. The number of hydrogen-bond donors (Lipinski definition) is 0. The average molecular weight is 441 g/mol. The molecule has 31 heavy (non-hydrogen) atoms. The van der Waals surface area contributed by atoms with Gasteiger partial charge in [0.25, 0.3) is 5.56 Å². The molecule has 0 aliphatic rings. The third-order valence-electron chi connectivity index (χ3n) is 5.02. The number of nitrogens with zero attached hydrogens (tertiary/aromatic N) is 4. The van der Waals surface area contributed by atoms with Gasteiger partial charge in [-0.3, -0.25) is 9.36 Å². The lowest BCUT2D eigenvalue weighted by molar-refractivity contribution is 0.915. The molecule has 0 radical (unpaired) electrons. The molecule has 3 heterocycles. The molecule has 0 aliphatic heterocycles. The number of aryl methyl sites for hydroxylation is 1. The van der Waals surface area contributed by atoms with Crippen LogP contribution in [-0.4, -0.2) is 14.1 Å². The summed E-state index contributed by atoms with van der Waals surface area (Å²) in [5, 5.41) is 14.1. The molecule has 0 bridgehead atoms. The number of benzene rings is 2. The molecular formula is C24H16N4OS2. The minimum Gasteiger partial charge on any atom is -0.326 e. The van der Waals surface area contributed by atoms with Gasteiger partial charge in [-0.2, -0.15) is 16.6 Å². The SMILES string of the molecule is Cn1c(C(C#N)=c2sc(=Cc3ccsc3)c(=O)n2-c2ccccc2)nc2ccccc21. The first-order valence-electron chi connectivity index (χ1n) is 9.55. The monoisotopic (exact) mass is 440 g/mol. The molecular weight excluding hydrogens is 424 g/mol. The summed E-state index contributed by atoms with van der Waals surface area (Å²) >= 11 is 2.89. The van der Waals surface area contributed by atoms with E-state index in [2.05, 4.69) is 6.07 Å². The molecule has 2 aromatic carbocycles. The molecule has 0 saturated heterocycles. The van der Waals surface area contributed by atoms with Crippen LogP contribution in [0.1, 0.15) is 11.4 Å². The van der Waals surface area contributed by atoms with Crippen molar-refractivity contribution >= 4 is 45.4 Å². The molecule has 0 saturated carbocycles. The van der Waals surface area contributed by atoms with Crippen molar-refractivity contribution in [1.82, 2.24) is 14.1 Å². The van der Waals surface area contributed by atoms with Crippen LogP contribution in [-0.2, 0) is 7.05 Å². The molecule has 5 aromatic rings. The minimum absolute atomic E-state index is 0.149. The summed E-state index contributed by atoms with van der Waals surface area (Å²) in [6, 6.07) is 21.4. The molecule has 0 unspecified atom stereocenters. The summed E-state index contributed by atoms with van der Waals surface area (Å²) in [4.78, 5) is 18.1. The molecule has 7 heteroatoms. The fourth-order valence-electron chi connectivity index (χ4n) is 3.53. The Morgan fingerprint density at radius 1 is 1.10 bits per heavy atom. The predicted octanol–water partition coefficient (Wildman–Crippen LogP) is 3.40. The van der Waals surface area contributed by atoms with Crippen molar-refractivity contribution in [2.75, 3.05) is 0 Å². The second-order valence-electron chi connectivity index (χ2n) is 6.92. The van der Waals surface area contributed by atoms with Crippen LogP contribution in [0.5, 0.6) is 0 Å². The number of aromatic nitrogens is 3. The molecule has 5 rings (SSSR count). The molecule has 0 fully saturated rings. The zero-order chi connectivity index (χ0) is 21.4. The molecule has 5 nitrogen and oxygen atoms in total. The van der Waals surface area contributed by atoms with Crippen molar-refractivity contribution in [3.05, 3.63) is 102 Å². The second kappa shape index (κ2) is 7.84. The van der Waals surface area contributed by atoms with E-state index in [0.717, 1.165) is 22.3 Å². The minimum atomic E-state index is -0.149. The van der Waals surface area contributed by atoms with Gasteiger partial charge in [0.1, 0.15) is 16.3 Å². The number of fused-ring (bicyclic) bond motifs is 1. The van der Waals surface area contributed by atoms with E-state index < -0.39 is 0 Å². The van der Waals surface area contributed by atoms with Crippen LogP contribution in [0.15, 0.2) is 76.2 Å². The first-order valence-corrected chi connectivity index (χ1v) is 11.3. The number of nitriles is 1. The van der Waals surface area contributed by atoms with Gasteiger partial charge in [0, 0.05) is 7.05 Å². The van der Waals surface area contributed by atoms with E-state index >= 15 is 0 Å².